The quantitative estimate of drug-likeness (QED) is 0.391. The summed E-state index contributed by atoms with van der Waals surface area (Å²) in [7, 11) is -2.12. The van der Waals surface area contributed by atoms with Crippen LogP contribution in [0.4, 0.5) is 0 Å². The first kappa shape index (κ1) is 26.9. The Balaban J connectivity index is 1.86. The SMILES string of the molecule is CC(C)(C)[Si](C)(C)Oc1ccc(OCc2ccnc(-c3ccccc3C#N)n2)c(CC(O)C(=O)O)c1. The number of carboxylic acid groups (broad SMARTS) is 1. The van der Waals surface area contributed by atoms with Gasteiger partial charge in [0.05, 0.1) is 17.3 Å². The molecule has 0 saturated carbocycles. The smallest absolute Gasteiger partial charge is 0.332 e. The van der Waals surface area contributed by atoms with E-state index in [0.717, 1.165) is 0 Å². The molecule has 8 nitrogen and oxygen atoms in total. The Morgan fingerprint density at radius 1 is 1.17 bits per heavy atom. The van der Waals surface area contributed by atoms with E-state index in [0.29, 0.717) is 39.7 Å². The molecule has 0 spiro atoms. The van der Waals surface area contributed by atoms with Crippen molar-refractivity contribution in [3.05, 3.63) is 71.5 Å². The van der Waals surface area contributed by atoms with Crippen LogP contribution in [0.1, 0.15) is 37.6 Å². The van der Waals surface area contributed by atoms with Crippen LogP contribution in [0.25, 0.3) is 11.4 Å². The van der Waals surface area contributed by atoms with E-state index in [4.69, 9.17) is 9.16 Å². The average Bonchev–Trinajstić information content (AvgIpc) is 2.82. The molecule has 3 aromatic rings. The second-order valence-electron chi connectivity index (χ2n) is 10.0. The summed E-state index contributed by atoms with van der Waals surface area (Å²) >= 11 is 0. The lowest BCUT2D eigenvalue weighted by atomic mass is 10.1. The fourth-order valence-electron chi connectivity index (χ4n) is 3.20. The predicted molar refractivity (Wildman–Crippen MR) is 138 cm³/mol. The van der Waals surface area contributed by atoms with E-state index in [2.05, 4.69) is 49.9 Å². The van der Waals surface area contributed by atoms with Crippen molar-refractivity contribution >= 4 is 14.3 Å². The van der Waals surface area contributed by atoms with Gasteiger partial charge in [0.1, 0.15) is 18.1 Å². The minimum absolute atomic E-state index is 0.0161. The Hall–Kier alpha value is -3.74. The lowest BCUT2D eigenvalue weighted by Gasteiger charge is -2.36. The molecule has 2 N–H and O–H groups in total. The van der Waals surface area contributed by atoms with Gasteiger partial charge in [-0.05, 0) is 54.5 Å². The number of rotatable bonds is 9. The van der Waals surface area contributed by atoms with E-state index in [-0.39, 0.29) is 18.1 Å². The molecular formula is C27H31N3O5Si. The lowest BCUT2D eigenvalue weighted by molar-refractivity contribution is -0.146. The molecule has 1 unspecified atom stereocenters. The molecule has 2 aromatic carbocycles. The van der Waals surface area contributed by atoms with Gasteiger partial charge in [0.25, 0.3) is 0 Å². The molecule has 3 rings (SSSR count). The number of carbonyl (C=O) groups is 1. The van der Waals surface area contributed by atoms with Gasteiger partial charge in [-0.2, -0.15) is 5.26 Å². The number of nitriles is 1. The highest BCUT2D eigenvalue weighted by atomic mass is 28.4. The van der Waals surface area contributed by atoms with E-state index >= 15 is 0 Å². The zero-order valence-corrected chi connectivity index (χ0v) is 22.1. The molecule has 0 saturated heterocycles. The van der Waals surface area contributed by atoms with Gasteiger partial charge < -0.3 is 19.4 Å². The number of carboxylic acids is 1. The molecular weight excluding hydrogens is 474 g/mol. The summed E-state index contributed by atoms with van der Waals surface area (Å²) in [5.74, 6) is 0.135. The summed E-state index contributed by atoms with van der Waals surface area (Å²) in [6.07, 6.45) is -0.117. The van der Waals surface area contributed by atoms with Gasteiger partial charge in [0.15, 0.2) is 11.9 Å². The van der Waals surface area contributed by atoms with Gasteiger partial charge in [-0.25, -0.2) is 14.8 Å². The number of hydrogen-bond donors (Lipinski definition) is 2. The Labute approximate surface area is 212 Å². The molecule has 0 fully saturated rings. The van der Waals surface area contributed by atoms with Gasteiger partial charge in [0.2, 0.25) is 8.32 Å². The van der Waals surface area contributed by atoms with Crippen molar-refractivity contribution in [2.75, 3.05) is 0 Å². The normalized spacial score (nSPS) is 12.5. The number of ether oxygens (including phenoxy) is 1. The van der Waals surface area contributed by atoms with Gasteiger partial charge in [-0.3, -0.25) is 0 Å². The molecule has 1 atom stereocenters. The fraction of sp³-hybridized carbons (Fsp3) is 0.333. The zero-order valence-electron chi connectivity index (χ0n) is 21.1. The van der Waals surface area contributed by atoms with Crippen molar-refractivity contribution in [1.29, 1.82) is 5.26 Å². The van der Waals surface area contributed by atoms with Gasteiger partial charge >= 0.3 is 5.97 Å². The topological polar surface area (TPSA) is 126 Å². The van der Waals surface area contributed by atoms with Crippen LogP contribution >= 0.6 is 0 Å². The first-order chi connectivity index (χ1) is 16.9. The first-order valence-electron chi connectivity index (χ1n) is 11.6. The fourth-order valence-corrected chi connectivity index (χ4v) is 4.22. The third-order valence-corrected chi connectivity index (χ3v) is 10.6. The van der Waals surface area contributed by atoms with Crippen LogP contribution < -0.4 is 9.16 Å². The second kappa shape index (κ2) is 10.9. The van der Waals surface area contributed by atoms with Crippen molar-refractivity contribution in [3.8, 4) is 29.0 Å². The molecule has 188 valence electrons. The van der Waals surface area contributed by atoms with Crippen LogP contribution in [0.2, 0.25) is 18.1 Å². The van der Waals surface area contributed by atoms with Crippen LogP contribution in [0.3, 0.4) is 0 Å². The summed E-state index contributed by atoms with van der Waals surface area (Å²) < 4.78 is 12.4. The molecule has 0 radical (unpaired) electrons. The maximum atomic E-state index is 11.3. The lowest BCUT2D eigenvalue weighted by Crippen LogP contribution is -2.43. The molecule has 1 aromatic heterocycles. The molecule has 0 amide bonds. The standard InChI is InChI=1S/C27H31N3O5Si/c1-27(2,3)36(4,5)35-21-10-11-24(19(14-21)15-23(31)26(32)33)34-17-20-12-13-29-25(30-20)22-9-7-6-8-18(22)16-28/h6-14,23,31H,15,17H2,1-5H3,(H,32,33). The molecule has 0 aliphatic rings. The van der Waals surface area contributed by atoms with Crippen LogP contribution in [0, 0.1) is 11.3 Å². The highest BCUT2D eigenvalue weighted by molar-refractivity contribution is 6.74. The molecule has 9 heteroatoms. The summed E-state index contributed by atoms with van der Waals surface area (Å²) in [5, 5.41) is 28.6. The number of hydrogen-bond acceptors (Lipinski definition) is 7. The van der Waals surface area contributed by atoms with Crippen LogP contribution in [0.15, 0.2) is 54.7 Å². The Morgan fingerprint density at radius 3 is 2.56 bits per heavy atom. The Kier molecular flexibility index (Phi) is 8.12. The third kappa shape index (κ3) is 6.47. The van der Waals surface area contributed by atoms with E-state index in [1.807, 2.05) is 6.07 Å². The summed E-state index contributed by atoms with van der Waals surface area (Å²) in [5.41, 5.74) is 2.20. The average molecular weight is 506 g/mol. The summed E-state index contributed by atoms with van der Waals surface area (Å²) in [4.78, 5) is 20.1. The summed E-state index contributed by atoms with van der Waals surface area (Å²) in [6, 6.07) is 16.2. The van der Waals surface area contributed by atoms with Gasteiger partial charge in [-0.1, -0.05) is 32.9 Å². The number of aliphatic hydroxyl groups excluding tert-OH is 1. The van der Waals surface area contributed by atoms with Crippen molar-refractivity contribution < 1.29 is 24.2 Å². The van der Waals surface area contributed by atoms with Gasteiger partial charge in [0, 0.05) is 23.7 Å². The number of benzene rings is 2. The number of aliphatic hydroxyl groups is 1. The maximum absolute atomic E-state index is 11.3. The van der Waals surface area contributed by atoms with Gasteiger partial charge in [-0.15, -0.1) is 0 Å². The third-order valence-electron chi connectivity index (χ3n) is 6.29. The molecule has 0 aliphatic carbocycles. The largest absolute Gasteiger partial charge is 0.543 e. The number of aliphatic carboxylic acids is 1. The van der Waals surface area contributed by atoms with Crippen molar-refractivity contribution in [3.63, 3.8) is 0 Å². The predicted octanol–water partition coefficient (Wildman–Crippen LogP) is 4.97. The van der Waals surface area contributed by atoms with E-state index in [1.165, 1.54) is 0 Å². The van der Waals surface area contributed by atoms with Crippen LogP contribution in [-0.4, -0.2) is 40.6 Å². The van der Waals surface area contributed by atoms with Crippen molar-refractivity contribution in [2.45, 2.75) is 58.0 Å². The Morgan fingerprint density at radius 2 is 1.89 bits per heavy atom. The van der Waals surface area contributed by atoms with E-state index in [1.54, 1.807) is 48.7 Å². The number of aromatic nitrogens is 2. The highest BCUT2D eigenvalue weighted by Gasteiger charge is 2.39. The Bertz CT molecular complexity index is 1280. The minimum atomic E-state index is -2.12. The second-order valence-corrected chi connectivity index (χ2v) is 14.7. The molecule has 36 heavy (non-hydrogen) atoms. The number of nitrogens with zero attached hydrogens (tertiary/aromatic N) is 3. The molecule has 0 aliphatic heterocycles. The van der Waals surface area contributed by atoms with Crippen LogP contribution in [0.5, 0.6) is 11.5 Å². The van der Waals surface area contributed by atoms with E-state index in [9.17, 15) is 20.3 Å². The maximum Gasteiger partial charge on any atom is 0.332 e. The van der Waals surface area contributed by atoms with E-state index < -0.39 is 20.4 Å². The van der Waals surface area contributed by atoms with Crippen molar-refractivity contribution in [2.24, 2.45) is 0 Å². The monoisotopic (exact) mass is 505 g/mol. The highest BCUT2D eigenvalue weighted by Crippen LogP contribution is 2.38. The first-order valence-corrected chi connectivity index (χ1v) is 14.5. The summed E-state index contributed by atoms with van der Waals surface area (Å²) in [6.45, 7) is 10.7. The van der Waals surface area contributed by atoms with Crippen molar-refractivity contribution in [1.82, 2.24) is 9.97 Å². The molecule has 1 heterocycles. The molecule has 0 bridgehead atoms. The minimum Gasteiger partial charge on any atom is -0.543 e. The van der Waals surface area contributed by atoms with Crippen LogP contribution in [-0.2, 0) is 17.8 Å². The zero-order chi connectivity index (χ0) is 26.5.